The zero-order valence-electron chi connectivity index (χ0n) is 16.2. The Bertz CT molecular complexity index is 678. The Hall–Kier alpha value is -3.10. The van der Waals surface area contributed by atoms with E-state index in [1.807, 2.05) is 30.3 Å². The molecule has 0 fully saturated rings. The van der Waals surface area contributed by atoms with Gasteiger partial charge in [-0.1, -0.05) is 44.2 Å². The number of ether oxygens (including phenoxy) is 1. The number of amides is 3. The first-order chi connectivity index (χ1) is 13.2. The minimum atomic E-state index is -1.03. The van der Waals surface area contributed by atoms with Crippen molar-refractivity contribution in [1.82, 2.24) is 16.0 Å². The van der Waals surface area contributed by atoms with E-state index in [-0.39, 0.29) is 25.5 Å². The van der Waals surface area contributed by atoms with E-state index in [2.05, 4.69) is 16.0 Å². The molecule has 2 atom stereocenters. The first-order valence-corrected chi connectivity index (χ1v) is 8.97. The maximum atomic E-state index is 12.4. The van der Waals surface area contributed by atoms with Crippen LogP contribution >= 0.6 is 0 Å². The number of benzene rings is 1. The molecule has 1 aromatic carbocycles. The van der Waals surface area contributed by atoms with Crippen molar-refractivity contribution >= 4 is 23.9 Å². The number of carboxylic acid groups (broad SMARTS) is 1. The van der Waals surface area contributed by atoms with Crippen LogP contribution < -0.4 is 16.0 Å². The van der Waals surface area contributed by atoms with Crippen molar-refractivity contribution in [2.24, 2.45) is 5.92 Å². The molecule has 0 radical (unpaired) electrons. The van der Waals surface area contributed by atoms with Crippen molar-refractivity contribution in [2.75, 3.05) is 6.54 Å². The lowest BCUT2D eigenvalue weighted by Gasteiger charge is -2.23. The lowest BCUT2D eigenvalue weighted by atomic mass is 10.0. The Balaban J connectivity index is 2.52. The molecule has 1 aromatic rings. The maximum absolute atomic E-state index is 12.4. The minimum Gasteiger partial charge on any atom is -0.481 e. The van der Waals surface area contributed by atoms with E-state index in [1.165, 1.54) is 6.92 Å². The SMILES string of the molecule is CC(NC(=O)C(NC(=O)OCc1ccccc1)C(C)C)C(=O)NCCC(=O)O. The van der Waals surface area contributed by atoms with Crippen LogP contribution in [0.5, 0.6) is 0 Å². The zero-order chi connectivity index (χ0) is 21.1. The molecule has 3 amide bonds. The molecule has 0 heterocycles. The van der Waals surface area contributed by atoms with Crippen LogP contribution in [0.25, 0.3) is 0 Å². The van der Waals surface area contributed by atoms with E-state index in [0.29, 0.717) is 0 Å². The summed E-state index contributed by atoms with van der Waals surface area (Å²) in [6.45, 7) is 5.01. The molecule has 2 unspecified atom stereocenters. The number of alkyl carbamates (subject to hydrolysis) is 1. The van der Waals surface area contributed by atoms with Gasteiger partial charge in [-0.25, -0.2) is 4.79 Å². The van der Waals surface area contributed by atoms with Gasteiger partial charge in [0.05, 0.1) is 6.42 Å². The largest absolute Gasteiger partial charge is 0.481 e. The summed E-state index contributed by atoms with van der Waals surface area (Å²) in [6, 6.07) is 7.34. The molecule has 0 aliphatic carbocycles. The van der Waals surface area contributed by atoms with Crippen molar-refractivity contribution in [3.8, 4) is 0 Å². The molecule has 0 aliphatic rings. The predicted octanol–water partition coefficient (Wildman–Crippen LogP) is 1.03. The van der Waals surface area contributed by atoms with E-state index in [0.717, 1.165) is 5.56 Å². The Kier molecular flexibility index (Phi) is 9.49. The van der Waals surface area contributed by atoms with Gasteiger partial charge in [0.1, 0.15) is 18.7 Å². The smallest absolute Gasteiger partial charge is 0.408 e. The third-order valence-corrected chi connectivity index (χ3v) is 3.83. The van der Waals surface area contributed by atoms with Crippen LogP contribution in [0.2, 0.25) is 0 Å². The highest BCUT2D eigenvalue weighted by Gasteiger charge is 2.27. The summed E-state index contributed by atoms with van der Waals surface area (Å²) < 4.78 is 5.12. The van der Waals surface area contributed by atoms with Gasteiger partial charge >= 0.3 is 12.1 Å². The second-order valence-electron chi connectivity index (χ2n) is 6.59. The second kappa shape index (κ2) is 11.6. The van der Waals surface area contributed by atoms with Gasteiger partial charge in [-0.05, 0) is 18.4 Å². The number of carbonyl (C=O) groups excluding carboxylic acids is 3. The van der Waals surface area contributed by atoms with Gasteiger partial charge in [0.15, 0.2) is 0 Å². The molecule has 0 bridgehead atoms. The van der Waals surface area contributed by atoms with Gasteiger partial charge in [0.2, 0.25) is 11.8 Å². The number of rotatable bonds is 10. The highest BCUT2D eigenvalue weighted by atomic mass is 16.5. The fourth-order valence-electron chi connectivity index (χ4n) is 2.24. The summed E-state index contributed by atoms with van der Waals surface area (Å²) in [5.74, 6) is -2.32. The average Bonchev–Trinajstić information content (AvgIpc) is 2.64. The third kappa shape index (κ3) is 8.52. The number of carbonyl (C=O) groups is 4. The standard InChI is InChI=1S/C19H27N3O6/c1-12(2)16(22-19(27)28-11-14-7-5-4-6-8-14)18(26)21-13(3)17(25)20-10-9-15(23)24/h4-8,12-13,16H,9-11H2,1-3H3,(H,20,25)(H,21,26)(H,22,27)(H,23,24). The highest BCUT2D eigenvalue weighted by Crippen LogP contribution is 2.05. The summed E-state index contributed by atoms with van der Waals surface area (Å²) in [4.78, 5) is 46.8. The fraction of sp³-hybridized carbons (Fsp3) is 0.474. The fourth-order valence-corrected chi connectivity index (χ4v) is 2.24. The Labute approximate surface area is 163 Å². The number of hydrogen-bond acceptors (Lipinski definition) is 5. The lowest BCUT2D eigenvalue weighted by molar-refractivity contribution is -0.137. The van der Waals surface area contributed by atoms with Crippen LogP contribution in [-0.2, 0) is 25.7 Å². The molecule has 154 valence electrons. The molecular weight excluding hydrogens is 366 g/mol. The van der Waals surface area contributed by atoms with E-state index in [1.54, 1.807) is 13.8 Å². The first-order valence-electron chi connectivity index (χ1n) is 8.97. The molecule has 0 saturated heterocycles. The number of carboxylic acids is 1. The predicted molar refractivity (Wildman–Crippen MR) is 101 cm³/mol. The molecule has 9 nitrogen and oxygen atoms in total. The van der Waals surface area contributed by atoms with Crippen LogP contribution in [0.3, 0.4) is 0 Å². The van der Waals surface area contributed by atoms with Gasteiger partial charge < -0.3 is 25.8 Å². The van der Waals surface area contributed by atoms with E-state index < -0.39 is 36.0 Å². The Morgan fingerprint density at radius 2 is 1.64 bits per heavy atom. The molecule has 4 N–H and O–H groups in total. The summed E-state index contributed by atoms with van der Waals surface area (Å²) in [5.41, 5.74) is 0.815. The summed E-state index contributed by atoms with van der Waals surface area (Å²) >= 11 is 0. The third-order valence-electron chi connectivity index (χ3n) is 3.83. The van der Waals surface area contributed by atoms with Crippen molar-refractivity contribution < 1.29 is 29.0 Å². The van der Waals surface area contributed by atoms with E-state index >= 15 is 0 Å². The Morgan fingerprint density at radius 1 is 1.00 bits per heavy atom. The van der Waals surface area contributed by atoms with Crippen LogP contribution in [0.4, 0.5) is 4.79 Å². The maximum Gasteiger partial charge on any atom is 0.408 e. The molecule has 9 heteroatoms. The van der Waals surface area contributed by atoms with Crippen LogP contribution in [0, 0.1) is 5.92 Å². The monoisotopic (exact) mass is 393 g/mol. The van der Waals surface area contributed by atoms with Crippen molar-refractivity contribution in [3.05, 3.63) is 35.9 Å². The topological polar surface area (TPSA) is 134 Å². The van der Waals surface area contributed by atoms with Crippen LogP contribution in [-0.4, -0.2) is 47.6 Å². The summed E-state index contributed by atoms with van der Waals surface area (Å²) in [6.07, 6.45) is -0.952. The van der Waals surface area contributed by atoms with Crippen molar-refractivity contribution in [2.45, 2.75) is 45.9 Å². The summed E-state index contributed by atoms with van der Waals surface area (Å²) in [7, 11) is 0. The van der Waals surface area contributed by atoms with Gasteiger partial charge in [0, 0.05) is 6.54 Å². The van der Waals surface area contributed by atoms with Crippen LogP contribution in [0.1, 0.15) is 32.8 Å². The van der Waals surface area contributed by atoms with Gasteiger partial charge in [-0.15, -0.1) is 0 Å². The summed E-state index contributed by atoms with van der Waals surface area (Å²) in [5, 5.41) is 16.0. The van der Waals surface area contributed by atoms with Gasteiger partial charge in [-0.3, -0.25) is 14.4 Å². The number of hydrogen-bond donors (Lipinski definition) is 4. The van der Waals surface area contributed by atoms with Gasteiger partial charge in [0.25, 0.3) is 0 Å². The molecule has 0 aliphatic heterocycles. The molecule has 28 heavy (non-hydrogen) atoms. The molecular formula is C19H27N3O6. The first kappa shape index (κ1) is 22.9. The minimum absolute atomic E-state index is 0.0357. The zero-order valence-corrected chi connectivity index (χ0v) is 16.2. The molecule has 0 aromatic heterocycles. The van der Waals surface area contributed by atoms with Crippen molar-refractivity contribution in [3.63, 3.8) is 0 Å². The van der Waals surface area contributed by atoms with Gasteiger partial charge in [-0.2, -0.15) is 0 Å². The van der Waals surface area contributed by atoms with Crippen molar-refractivity contribution in [1.29, 1.82) is 0 Å². The van der Waals surface area contributed by atoms with Crippen LogP contribution in [0.15, 0.2) is 30.3 Å². The molecule has 0 spiro atoms. The molecule has 0 saturated carbocycles. The van der Waals surface area contributed by atoms with E-state index in [4.69, 9.17) is 9.84 Å². The normalized spacial score (nSPS) is 12.6. The Morgan fingerprint density at radius 3 is 2.21 bits per heavy atom. The number of nitrogens with one attached hydrogen (secondary N) is 3. The second-order valence-corrected chi connectivity index (χ2v) is 6.59. The quantitative estimate of drug-likeness (QED) is 0.469. The highest BCUT2D eigenvalue weighted by molar-refractivity contribution is 5.91. The van der Waals surface area contributed by atoms with E-state index in [9.17, 15) is 19.2 Å². The number of aliphatic carboxylic acids is 1. The molecule has 1 rings (SSSR count). The lowest BCUT2D eigenvalue weighted by Crippen LogP contribution is -2.54. The average molecular weight is 393 g/mol.